The largest absolute Gasteiger partial charge is 0.256 e. The van der Waals surface area contributed by atoms with Crippen molar-refractivity contribution in [1.29, 1.82) is 0 Å². The van der Waals surface area contributed by atoms with E-state index in [1.54, 1.807) is 11.8 Å². The molecule has 0 bridgehead atoms. The molecule has 0 aliphatic rings. The van der Waals surface area contributed by atoms with Crippen LogP contribution >= 0.6 is 11.8 Å². The Morgan fingerprint density at radius 3 is 2.55 bits per heavy atom. The van der Waals surface area contributed by atoms with Gasteiger partial charge in [0.05, 0.1) is 11.2 Å². The maximum Gasteiger partial charge on any atom is 0.0969 e. The summed E-state index contributed by atoms with van der Waals surface area (Å²) in [6, 6.07) is 0.464. The molecule has 0 N–H and O–H groups in total. The Balaban J connectivity index is 3.05. The first-order valence-corrected chi connectivity index (χ1v) is 4.97. The molecule has 62 valence electrons. The van der Waals surface area contributed by atoms with Crippen molar-refractivity contribution in [2.24, 2.45) is 0 Å². The van der Waals surface area contributed by atoms with E-state index in [0.29, 0.717) is 6.04 Å². The van der Waals surface area contributed by atoms with E-state index in [1.807, 2.05) is 6.20 Å². The molecule has 0 amide bonds. The van der Waals surface area contributed by atoms with Crippen LogP contribution in [0, 0.1) is 6.92 Å². The zero-order valence-electron chi connectivity index (χ0n) is 7.46. The van der Waals surface area contributed by atoms with Crippen LogP contribution in [0.25, 0.3) is 0 Å². The first kappa shape index (κ1) is 8.65. The lowest BCUT2D eigenvalue weighted by atomic mass is 10.4. The molecule has 0 unspecified atom stereocenters. The third kappa shape index (κ3) is 1.59. The average molecular weight is 170 g/mol. The SMILES string of the molecule is CSc1c(C)cnn1C(C)C. The molecule has 0 spiro atoms. The third-order valence-corrected chi connectivity index (χ3v) is 2.50. The molecule has 0 saturated carbocycles. The minimum Gasteiger partial charge on any atom is -0.256 e. The van der Waals surface area contributed by atoms with Gasteiger partial charge in [0.2, 0.25) is 0 Å². The number of aromatic nitrogens is 2. The number of aryl methyl sites for hydroxylation is 1. The van der Waals surface area contributed by atoms with Gasteiger partial charge in [-0.25, -0.2) is 0 Å². The monoisotopic (exact) mass is 170 g/mol. The van der Waals surface area contributed by atoms with Crippen LogP contribution in [0.5, 0.6) is 0 Å². The first-order valence-electron chi connectivity index (χ1n) is 3.75. The van der Waals surface area contributed by atoms with Crippen molar-refractivity contribution in [3.8, 4) is 0 Å². The summed E-state index contributed by atoms with van der Waals surface area (Å²) in [6.45, 7) is 6.38. The van der Waals surface area contributed by atoms with Crippen LogP contribution in [-0.4, -0.2) is 16.0 Å². The molecular weight excluding hydrogens is 156 g/mol. The highest BCUT2D eigenvalue weighted by atomic mass is 32.2. The van der Waals surface area contributed by atoms with E-state index < -0.39 is 0 Å². The molecule has 0 radical (unpaired) electrons. The second kappa shape index (κ2) is 3.30. The zero-order valence-corrected chi connectivity index (χ0v) is 8.27. The van der Waals surface area contributed by atoms with Gasteiger partial charge < -0.3 is 0 Å². The predicted octanol–water partition coefficient (Wildman–Crippen LogP) is 2.49. The maximum absolute atomic E-state index is 4.28. The van der Waals surface area contributed by atoms with Crippen molar-refractivity contribution in [1.82, 2.24) is 9.78 Å². The Labute approximate surface area is 72.0 Å². The lowest BCUT2D eigenvalue weighted by Crippen LogP contribution is -2.03. The van der Waals surface area contributed by atoms with E-state index in [0.717, 1.165) is 0 Å². The molecule has 2 nitrogen and oxygen atoms in total. The van der Waals surface area contributed by atoms with Gasteiger partial charge in [-0.2, -0.15) is 5.10 Å². The lowest BCUT2D eigenvalue weighted by Gasteiger charge is -2.08. The minimum absolute atomic E-state index is 0.464. The Bertz CT molecular complexity index is 240. The third-order valence-electron chi connectivity index (χ3n) is 1.60. The Morgan fingerprint density at radius 2 is 2.18 bits per heavy atom. The standard InChI is InChI=1S/C8H14N2S/c1-6(2)10-8(11-4)7(3)5-9-10/h5-6H,1-4H3. The zero-order chi connectivity index (χ0) is 8.43. The molecule has 1 rings (SSSR count). The Kier molecular flexibility index (Phi) is 2.60. The van der Waals surface area contributed by atoms with Gasteiger partial charge in [-0.15, -0.1) is 11.8 Å². The lowest BCUT2D eigenvalue weighted by molar-refractivity contribution is 0.492. The van der Waals surface area contributed by atoms with Crippen molar-refractivity contribution in [3.63, 3.8) is 0 Å². The van der Waals surface area contributed by atoms with Crippen molar-refractivity contribution < 1.29 is 0 Å². The summed E-state index contributed by atoms with van der Waals surface area (Å²) in [4.78, 5) is 0. The van der Waals surface area contributed by atoms with Gasteiger partial charge in [0.25, 0.3) is 0 Å². The number of nitrogens with zero attached hydrogens (tertiary/aromatic N) is 2. The van der Waals surface area contributed by atoms with E-state index in [1.165, 1.54) is 10.6 Å². The van der Waals surface area contributed by atoms with Crippen LogP contribution in [0.1, 0.15) is 25.5 Å². The summed E-state index contributed by atoms with van der Waals surface area (Å²) in [5.74, 6) is 0. The van der Waals surface area contributed by atoms with Gasteiger partial charge in [-0.1, -0.05) is 0 Å². The summed E-state index contributed by atoms with van der Waals surface area (Å²) in [7, 11) is 0. The second-order valence-corrected chi connectivity index (χ2v) is 3.67. The molecule has 1 heterocycles. The van der Waals surface area contributed by atoms with Gasteiger partial charge in [0.1, 0.15) is 0 Å². The van der Waals surface area contributed by atoms with Crippen molar-refractivity contribution in [2.75, 3.05) is 6.26 Å². The molecule has 0 aromatic carbocycles. The predicted molar refractivity (Wildman–Crippen MR) is 49.1 cm³/mol. The molecule has 1 aromatic rings. The van der Waals surface area contributed by atoms with Crippen LogP contribution in [0.3, 0.4) is 0 Å². The molecule has 0 saturated heterocycles. The van der Waals surface area contributed by atoms with Crippen LogP contribution in [0.2, 0.25) is 0 Å². The molecular formula is C8H14N2S. The topological polar surface area (TPSA) is 17.8 Å². The normalized spacial score (nSPS) is 11.0. The van der Waals surface area contributed by atoms with E-state index in [2.05, 4.69) is 36.8 Å². The second-order valence-electron chi connectivity index (χ2n) is 2.88. The van der Waals surface area contributed by atoms with Crippen LogP contribution in [0.4, 0.5) is 0 Å². The number of hydrogen-bond acceptors (Lipinski definition) is 2. The minimum atomic E-state index is 0.464. The van der Waals surface area contributed by atoms with E-state index in [4.69, 9.17) is 0 Å². The van der Waals surface area contributed by atoms with Gasteiger partial charge in [0, 0.05) is 11.6 Å². The summed E-state index contributed by atoms with van der Waals surface area (Å²) in [5, 5.41) is 5.56. The molecule has 3 heteroatoms. The number of hydrogen-bond donors (Lipinski definition) is 0. The summed E-state index contributed by atoms with van der Waals surface area (Å²) in [6.07, 6.45) is 4.01. The number of thioether (sulfide) groups is 1. The van der Waals surface area contributed by atoms with Gasteiger partial charge >= 0.3 is 0 Å². The maximum atomic E-state index is 4.28. The van der Waals surface area contributed by atoms with E-state index in [9.17, 15) is 0 Å². The van der Waals surface area contributed by atoms with Crippen LogP contribution in [-0.2, 0) is 0 Å². The van der Waals surface area contributed by atoms with Crippen molar-refractivity contribution >= 4 is 11.8 Å². The smallest absolute Gasteiger partial charge is 0.0969 e. The van der Waals surface area contributed by atoms with Crippen LogP contribution < -0.4 is 0 Å². The molecule has 11 heavy (non-hydrogen) atoms. The fourth-order valence-corrected chi connectivity index (χ4v) is 1.88. The van der Waals surface area contributed by atoms with E-state index >= 15 is 0 Å². The first-order chi connectivity index (χ1) is 5.16. The molecule has 0 atom stereocenters. The average Bonchev–Trinajstić information content (AvgIpc) is 2.30. The van der Waals surface area contributed by atoms with Gasteiger partial charge in [-0.05, 0) is 27.0 Å². The Hall–Kier alpha value is -0.440. The fourth-order valence-electron chi connectivity index (χ4n) is 1.06. The van der Waals surface area contributed by atoms with Gasteiger partial charge in [-0.3, -0.25) is 4.68 Å². The van der Waals surface area contributed by atoms with Crippen LogP contribution in [0.15, 0.2) is 11.2 Å². The summed E-state index contributed by atoms with van der Waals surface area (Å²) >= 11 is 1.76. The highest BCUT2D eigenvalue weighted by Gasteiger charge is 2.07. The van der Waals surface area contributed by atoms with Crippen molar-refractivity contribution in [3.05, 3.63) is 11.8 Å². The summed E-state index contributed by atoms with van der Waals surface area (Å²) < 4.78 is 2.06. The summed E-state index contributed by atoms with van der Waals surface area (Å²) in [5.41, 5.74) is 1.27. The fraction of sp³-hybridized carbons (Fsp3) is 0.625. The molecule has 1 aromatic heterocycles. The quantitative estimate of drug-likeness (QED) is 0.635. The molecule has 0 fully saturated rings. The van der Waals surface area contributed by atoms with E-state index in [-0.39, 0.29) is 0 Å². The number of rotatable bonds is 2. The Morgan fingerprint density at radius 1 is 1.55 bits per heavy atom. The molecule has 0 aliphatic heterocycles. The highest BCUT2D eigenvalue weighted by Crippen LogP contribution is 2.22. The van der Waals surface area contributed by atoms with Gasteiger partial charge in [0.15, 0.2) is 0 Å². The highest BCUT2D eigenvalue weighted by molar-refractivity contribution is 7.98. The molecule has 0 aliphatic carbocycles. The van der Waals surface area contributed by atoms with Crippen molar-refractivity contribution in [2.45, 2.75) is 31.8 Å².